The number of aromatic amines is 1. The van der Waals surface area contributed by atoms with Gasteiger partial charge in [0.05, 0.1) is 4.88 Å². The van der Waals surface area contributed by atoms with Gasteiger partial charge in [-0.15, -0.1) is 11.3 Å². The third kappa shape index (κ3) is 3.40. The highest BCUT2D eigenvalue weighted by Gasteiger charge is 2.17. The SMILES string of the molecule is CC(C)(CCN)CCc1nc(-c2cccs2)n[nH]1. The zero-order valence-electron chi connectivity index (χ0n) is 10.9. The van der Waals surface area contributed by atoms with E-state index >= 15 is 0 Å². The van der Waals surface area contributed by atoms with Crippen molar-refractivity contribution in [2.24, 2.45) is 11.1 Å². The van der Waals surface area contributed by atoms with Crippen molar-refractivity contribution in [3.05, 3.63) is 23.3 Å². The second kappa shape index (κ2) is 5.63. The maximum atomic E-state index is 5.62. The number of H-pyrrole nitrogens is 1. The van der Waals surface area contributed by atoms with Gasteiger partial charge in [-0.2, -0.15) is 5.10 Å². The van der Waals surface area contributed by atoms with Crippen LogP contribution in [0.5, 0.6) is 0 Å². The normalized spacial score (nSPS) is 11.9. The van der Waals surface area contributed by atoms with Crippen molar-refractivity contribution in [3.63, 3.8) is 0 Å². The molecule has 0 aliphatic rings. The van der Waals surface area contributed by atoms with Crippen LogP contribution < -0.4 is 5.73 Å². The van der Waals surface area contributed by atoms with E-state index in [1.807, 2.05) is 17.5 Å². The first-order chi connectivity index (χ1) is 8.61. The van der Waals surface area contributed by atoms with Gasteiger partial charge < -0.3 is 5.73 Å². The molecule has 5 heteroatoms. The van der Waals surface area contributed by atoms with E-state index in [1.54, 1.807) is 11.3 Å². The van der Waals surface area contributed by atoms with E-state index in [1.165, 1.54) is 0 Å². The Morgan fingerprint density at radius 1 is 1.39 bits per heavy atom. The maximum Gasteiger partial charge on any atom is 0.191 e. The number of aryl methyl sites for hydroxylation is 1. The molecular formula is C13H20N4S. The molecule has 98 valence electrons. The first kappa shape index (κ1) is 13.2. The Labute approximate surface area is 112 Å². The summed E-state index contributed by atoms with van der Waals surface area (Å²) in [7, 11) is 0. The van der Waals surface area contributed by atoms with Gasteiger partial charge in [0.15, 0.2) is 5.82 Å². The van der Waals surface area contributed by atoms with Crippen molar-refractivity contribution in [2.45, 2.75) is 33.1 Å². The average Bonchev–Trinajstić information content (AvgIpc) is 2.97. The Balaban J connectivity index is 1.95. The number of hydrogen-bond acceptors (Lipinski definition) is 4. The Morgan fingerprint density at radius 2 is 2.22 bits per heavy atom. The van der Waals surface area contributed by atoms with E-state index in [4.69, 9.17) is 5.73 Å². The zero-order valence-corrected chi connectivity index (χ0v) is 11.8. The summed E-state index contributed by atoms with van der Waals surface area (Å²) in [5.41, 5.74) is 5.89. The van der Waals surface area contributed by atoms with Gasteiger partial charge in [-0.05, 0) is 36.2 Å². The van der Waals surface area contributed by atoms with Gasteiger partial charge in [-0.3, -0.25) is 5.10 Å². The van der Waals surface area contributed by atoms with Crippen molar-refractivity contribution in [2.75, 3.05) is 6.54 Å². The van der Waals surface area contributed by atoms with Crippen LogP contribution in [0.4, 0.5) is 0 Å². The fourth-order valence-electron chi connectivity index (χ4n) is 1.90. The largest absolute Gasteiger partial charge is 0.330 e. The number of hydrogen-bond donors (Lipinski definition) is 2. The van der Waals surface area contributed by atoms with Gasteiger partial charge >= 0.3 is 0 Å². The lowest BCUT2D eigenvalue weighted by Gasteiger charge is -2.22. The number of nitrogens with one attached hydrogen (secondary N) is 1. The highest BCUT2D eigenvalue weighted by atomic mass is 32.1. The summed E-state index contributed by atoms with van der Waals surface area (Å²) in [6.07, 6.45) is 3.04. The highest BCUT2D eigenvalue weighted by Crippen LogP contribution is 2.26. The third-order valence-electron chi connectivity index (χ3n) is 3.13. The van der Waals surface area contributed by atoms with Gasteiger partial charge in [0.1, 0.15) is 5.82 Å². The molecule has 0 unspecified atom stereocenters. The number of rotatable bonds is 6. The summed E-state index contributed by atoms with van der Waals surface area (Å²) in [4.78, 5) is 5.64. The lowest BCUT2D eigenvalue weighted by atomic mass is 9.84. The monoisotopic (exact) mass is 264 g/mol. The molecule has 2 aromatic heterocycles. The standard InChI is InChI=1S/C13H20N4S/c1-13(2,7-8-14)6-5-11-15-12(17-16-11)10-4-3-9-18-10/h3-4,9H,5-8,14H2,1-2H3,(H,15,16,17). The smallest absolute Gasteiger partial charge is 0.191 e. The molecule has 0 atom stereocenters. The number of nitrogens with zero attached hydrogens (tertiary/aromatic N) is 2. The van der Waals surface area contributed by atoms with E-state index in [-0.39, 0.29) is 5.41 Å². The van der Waals surface area contributed by atoms with Crippen molar-refractivity contribution in [1.82, 2.24) is 15.2 Å². The Morgan fingerprint density at radius 3 is 2.89 bits per heavy atom. The highest BCUT2D eigenvalue weighted by molar-refractivity contribution is 7.13. The molecule has 0 aromatic carbocycles. The van der Waals surface area contributed by atoms with Crippen LogP contribution in [0.15, 0.2) is 17.5 Å². The first-order valence-corrected chi connectivity index (χ1v) is 7.14. The molecule has 0 bridgehead atoms. The molecule has 0 saturated carbocycles. The quantitative estimate of drug-likeness (QED) is 0.843. The van der Waals surface area contributed by atoms with E-state index in [9.17, 15) is 0 Å². The Kier molecular flexibility index (Phi) is 4.14. The summed E-state index contributed by atoms with van der Waals surface area (Å²) in [5, 5.41) is 9.32. The first-order valence-electron chi connectivity index (χ1n) is 6.26. The summed E-state index contributed by atoms with van der Waals surface area (Å²) in [5.74, 6) is 1.76. The molecule has 0 aliphatic heterocycles. The molecule has 3 N–H and O–H groups in total. The molecule has 0 radical (unpaired) electrons. The molecule has 0 amide bonds. The lowest BCUT2D eigenvalue weighted by molar-refractivity contribution is 0.311. The van der Waals surface area contributed by atoms with Crippen LogP contribution in [0.25, 0.3) is 10.7 Å². The molecular weight excluding hydrogens is 244 g/mol. The van der Waals surface area contributed by atoms with E-state index in [2.05, 4.69) is 29.0 Å². The summed E-state index contributed by atoms with van der Waals surface area (Å²) in [6, 6.07) is 4.05. The fourth-order valence-corrected chi connectivity index (χ4v) is 2.55. The molecule has 2 aromatic rings. The van der Waals surface area contributed by atoms with Crippen molar-refractivity contribution >= 4 is 11.3 Å². The predicted molar refractivity (Wildman–Crippen MR) is 75.5 cm³/mol. The number of nitrogens with two attached hydrogens (primary N) is 1. The van der Waals surface area contributed by atoms with Gasteiger partial charge in [0, 0.05) is 6.42 Å². The van der Waals surface area contributed by atoms with Gasteiger partial charge in [0.25, 0.3) is 0 Å². The second-order valence-electron chi connectivity index (χ2n) is 5.29. The van der Waals surface area contributed by atoms with E-state index in [0.717, 1.165) is 42.3 Å². The summed E-state index contributed by atoms with van der Waals surface area (Å²) in [6.45, 7) is 5.23. The van der Waals surface area contributed by atoms with Gasteiger partial charge in [-0.1, -0.05) is 19.9 Å². The van der Waals surface area contributed by atoms with Crippen LogP contribution in [-0.2, 0) is 6.42 Å². The molecule has 2 rings (SSSR count). The predicted octanol–water partition coefficient (Wildman–Crippen LogP) is 2.84. The van der Waals surface area contributed by atoms with Crippen molar-refractivity contribution in [1.29, 1.82) is 0 Å². The van der Waals surface area contributed by atoms with Crippen LogP contribution in [-0.4, -0.2) is 21.7 Å². The minimum absolute atomic E-state index is 0.268. The van der Waals surface area contributed by atoms with Crippen LogP contribution in [0.2, 0.25) is 0 Å². The van der Waals surface area contributed by atoms with Crippen LogP contribution >= 0.6 is 11.3 Å². The Bertz CT molecular complexity index is 473. The molecule has 2 heterocycles. The van der Waals surface area contributed by atoms with E-state index < -0.39 is 0 Å². The van der Waals surface area contributed by atoms with Gasteiger partial charge in [0.2, 0.25) is 0 Å². The molecule has 0 fully saturated rings. The van der Waals surface area contributed by atoms with E-state index in [0.29, 0.717) is 0 Å². The maximum absolute atomic E-state index is 5.62. The molecule has 0 spiro atoms. The molecule has 0 aliphatic carbocycles. The lowest BCUT2D eigenvalue weighted by Crippen LogP contribution is -2.18. The number of thiophene rings is 1. The van der Waals surface area contributed by atoms with Crippen LogP contribution in [0.1, 0.15) is 32.5 Å². The summed E-state index contributed by atoms with van der Waals surface area (Å²) < 4.78 is 0. The minimum atomic E-state index is 0.268. The van der Waals surface area contributed by atoms with Crippen LogP contribution in [0, 0.1) is 5.41 Å². The zero-order chi connectivity index (χ0) is 13.0. The van der Waals surface area contributed by atoms with Crippen molar-refractivity contribution < 1.29 is 0 Å². The molecule has 0 saturated heterocycles. The molecule has 4 nitrogen and oxygen atoms in total. The topological polar surface area (TPSA) is 67.6 Å². The fraction of sp³-hybridized carbons (Fsp3) is 0.538. The summed E-state index contributed by atoms with van der Waals surface area (Å²) >= 11 is 1.66. The van der Waals surface area contributed by atoms with Gasteiger partial charge in [-0.25, -0.2) is 4.98 Å². The number of aromatic nitrogens is 3. The van der Waals surface area contributed by atoms with Crippen LogP contribution in [0.3, 0.4) is 0 Å². The Hall–Kier alpha value is -1.20. The average molecular weight is 264 g/mol. The second-order valence-corrected chi connectivity index (χ2v) is 6.23. The minimum Gasteiger partial charge on any atom is -0.330 e. The molecule has 18 heavy (non-hydrogen) atoms. The van der Waals surface area contributed by atoms with Crippen molar-refractivity contribution in [3.8, 4) is 10.7 Å². The third-order valence-corrected chi connectivity index (χ3v) is 4.00.